The van der Waals surface area contributed by atoms with E-state index in [0.29, 0.717) is 18.2 Å². The maximum Gasteiger partial charge on any atom is 0.418 e. The van der Waals surface area contributed by atoms with Gasteiger partial charge < -0.3 is 14.4 Å². The third-order valence-electron chi connectivity index (χ3n) is 5.79. The summed E-state index contributed by atoms with van der Waals surface area (Å²) >= 11 is 2.07. The Morgan fingerprint density at radius 1 is 0.974 bits per heavy atom. The third-order valence-corrected chi connectivity index (χ3v) is 7.64. The average molecular weight is 588 g/mol. The van der Waals surface area contributed by atoms with Crippen molar-refractivity contribution in [1.82, 2.24) is 4.90 Å². The lowest BCUT2D eigenvalue weighted by Crippen LogP contribution is -2.39. The first-order valence-corrected chi connectivity index (χ1v) is 13.6. The van der Waals surface area contributed by atoms with Crippen molar-refractivity contribution in [3.8, 4) is 5.75 Å². The van der Waals surface area contributed by atoms with Crippen molar-refractivity contribution in [2.75, 3.05) is 32.9 Å². The quantitative estimate of drug-likeness (QED) is 0.203. The fourth-order valence-electron chi connectivity index (χ4n) is 3.95. The van der Waals surface area contributed by atoms with E-state index in [2.05, 4.69) is 0 Å². The molecular weight excluding hydrogens is 564 g/mol. The van der Waals surface area contributed by atoms with Gasteiger partial charge in [-0.15, -0.1) is 0 Å². The molecule has 0 saturated carbocycles. The van der Waals surface area contributed by atoms with Crippen molar-refractivity contribution in [3.63, 3.8) is 0 Å². The molecule has 0 atom stereocenters. The standard InChI is InChI=1S/C27H23F6NO3S2/c28-26(29,30)24-19(6-8-23(35)34-11-14-36-15-12-34)5-7-22(25(24)27(31,32)33)39-21-4-2-1-3-20(21)37-13-9-18-10-16-38-17-18/h1-8,10,16-17H,9,11-15H2/b8-6+. The molecule has 0 unspecified atom stereocenters. The minimum absolute atomic E-state index is 0.243. The highest BCUT2D eigenvalue weighted by Gasteiger charge is 2.46. The van der Waals surface area contributed by atoms with E-state index in [1.54, 1.807) is 18.2 Å². The van der Waals surface area contributed by atoms with E-state index >= 15 is 0 Å². The molecule has 2 aromatic carbocycles. The topological polar surface area (TPSA) is 38.8 Å². The van der Waals surface area contributed by atoms with Crippen molar-refractivity contribution >= 4 is 35.1 Å². The maximum absolute atomic E-state index is 14.2. The number of alkyl halides is 6. The summed E-state index contributed by atoms with van der Waals surface area (Å²) in [6.07, 6.45) is -8.44. The minimum Gasteiger partial charge on any atom is -0.492 e. The zero-order valence-electron chi connectivity index (χ0n) is 20.3. The molecule has 1 aromatic heterocycles. The van der Waals surface area contributed by atoms with Crippen LogP contribution in [-0.2, 0) is 28.3 Å². The first kappa shape index (κ1) is 29.0. The van der Waals surface area contributed by atoms with E-state index < -0.39 is 39.8 Å². The van der Waals surface area contributed by atoms with Crippen molar-refractivity contribution in [2.24, 2.45) is 0 Å². The van der Waals surface area contributed by atoms with Crippen molar-refractivity contribution in [2.45, 2.75) is 28.6 Å². The van der Waals surface area contributed by atoms with E-state index in [1.165, 1.54) is 22.3 Å². The van der Waals surface area contributed by atoms with Crippen LogP contribution < -0.4 is 4.74 Å². The second-order valence-corrected chi connectivity index (χ2v) is 10.3. The van der Waals surface area contributed by atoms with Crippen LogP contribution in [0.5, 0.6) is 5.75 Å². The van der Waals surface area contributed by atoms with Crippen LogP contribution >= 0.6 is 23.1 Å². The summed E-state index contributed by atoms with van der Waals surface area (Å²) in [5, 5.41) is 3.86. The second kappa shape index (κ2) is 12.5. The zero-order valence-corrected chi connectivity index (χ0v) is 22.0. The smallest absolute Gasteiger partial charge is 0.418 e. The number of nitrogens with zero attached hydrogens (tertiary/aromatic N) is 1. The van der Waals surface area contributed by atoms with Crippen LogP contribution in [0, 0.1) is 0 Å². The molecule has 208 valence electrons. The number of benzene rings is 2. The monoisotopic (exact) mass is 587 g/mol. The van der Waals surface area contributed by atoms with Gasteiger partial charge in [0.25, 0.3) is 0 Å². The van der Waals surface area contributed by atoms with Gasteiger partial charge >= 0.3 is 12.4 Å². The van der Waals surface area contributed by atoms with Crippen LogP contribution in [0.1, 0.15) is 22.3 Å². The van der Waals surface area contributed by atoms with E-state index in [-0.39, 0.29) is 43.6 Å². The second-order valence-electron chi connectivity index (χ2n) is 8.45. The lowest BCUT2D eigenvalue weighted by molar-refractivity contribution is -0.163. The van der Waals surface area contributed by atoms with Crippen molar-refractivity contribution in [1.29, 1.82) is 0 Å². The largest absolute Gasteiger partial charge is 0.492 e. The van der Waals surface area contributed by atoms with Gasteiger partial charge in [0.15, 0.2) is 0 Å². The Bertz CT molecular complexity index is 1300. The number of morpholine rings is 1. The van der Waals surface area contributed by atoms with Crippen molar-refractivity contribution in [3.05, 3.63) is 81.6 Å². The van der Waals surface area contributed by atoms with Gasteiger partial charge in [0.2, 0.25) is 5.91 Å². The van der Waals surface area contributed by atoms with Gasteiger partial charge in [-0.2, -0.15) is 37.7 Å². The number of para-hydroxylation sites is 1. The summed E-state index contributed by atoms with van der Waals surface area (Å²) in [5.74, 6) is -0.341. The zero-order chi connectivity index (χ0) is 28.0. The predicted molar refractivity (Wildman–Crippen MR) is 137 cm³/mol. The number of halogens is 6. The van der Waals surface area contributed by atoms with Gasteiger partial charge in [-0.25, -0.2) is 0 Å². The van der Waals surface area contributed by atoms with Crippen LogP contribution in [0.3, 0.4) is 0 Å². The summed E-state index contributed by atoms with van der Waals surface area (Å²) in [7, 11) is 0. The molecule has 0 spiro atoms. The molecule has 0 bridgehead atoms. The van der Waals surface area contributed by atoms with Gasteiger partial charge in [0.1, 0.15) is 5.75 Å². The summed E-state index contributed by atoms with van der Waals surface area (Å²) < 4.78 is 96.0. The minimum atomic E-state index is -5.33. The van der Waals surface area contributed by atoms with Crippen LogP contribution in [0.4, 0.5) is 26.3 Å². The Morgan fingerprint density at radius 3 is 2.36 bits per heavy atom. The number of amides is 1. The molecule has 0 N–H and O–H groups in total. The van der Waals surface area contributed by atoms with Gasteiger partial charge in [-0.3, -0.25) is 4.79 Å². The molecule has 1 saturated heterocycles. The van der Waals surface area contributed by atoms with Crippen LogP contribution in [-0.4, -0.2) is 43.7 Å². The number of thiophene rings is 1. The van der Waals surface area contributed by atoms with Crippen LogP contribution in [0.25, 0.3) is 6.08 Å². The van der Waals surface area contributed by atoms with Gasteiger partial charge in [-0.1, -0.05) is 30.0 Å². The first-order chi connectivity index (χ1) is 18.5. The van der Waals surface area contributed by atoms with Crippen LogP contribution in [0.2, 0.25) is 0 Å². The molecule has 1 fully saturated rings. The Labute approximate surface area is 229 Å². The summed E-state index contributed by atoms with van der Waals surface area (Å²) in [6.45, 7) is 1.28. The molecule has 1 aliphatic rings. The number of rotatable bonds is 8. The Morgan fingerprint density at radius 2 is 1.69 bits per heavy atom. The number of hydrogen-bond donors (Lipinski definition) is 0. The number of carbonyl (C=O) groups excluding carboxylic acids is 1. The van der Waals surface area contributed by atoms with Gasteiger partial charge in [0, 0.05) is 30.5 Å². The maximum atomic E-state index is 14.2. The highest BCUT2D eigenvalue weighted by Crippen LogP contribution is 2.49. The normalized spacial score (nSPS) is 14.7. The molecule has 3 aromatic rings. The molecule has 1 amide bonds. The lowest BCUT2D eigenvalue weighted by Gasteiger charge is -2.25. The highest BCUT2D eigenvalue weighted by molar-refractivity contribution is 7.99. The van der Waals surface area contributed by atoms with E-state index in [0.717, 1.165) is 29.8 Å². The summed E-state index contributed by atoms with van der Waals surface area (Å²) in [4.78, 5) is 13.4. The van der Waals surface area contributed by atoms with E-state index in [1.807, 2.05) is 16.8 Å². The number of hydrogen-bond acceptors (Lipinski definition) is 5. The summed E-state index contributed by atoms with van der Waals surface area (Å²) in [6, 6.07) is 10.1. The fraction of sp³-hybridized carbons (Fsp3) is 0.296. The van der Waals surface area contributed by atoms with E-state index in [9.17, 15) is 31.1 Å². The van der Waals surface area contributed by atoms with Crippen LogP contribution in [0.15, 0.2) is 69.1 Å². The fourth-order valence-corrected chi connectivity index (χ4v) is 5.72. The Kier molecular flexibility index (Phi) is 9.29. The first-order valence-electron chi connectivity index (χ1n) is 11.8. The molecule has 4 nitrogen and oxygen atoms in total. The van der Waals surface area contributed by atoms with Gasteiger partial charge in [0.05, 0.1) is 35.8 Å². The summed E-state index contributed by atoms with van der Waals surface area (Å²) in [5.41, 5.74) is -3.37. The Balaban J connectivity index is 1.66. The SMILES string of the molecule is O=C(/C=C/c1ccc(Sc2ccccc2OCCc2ccsc2)c(C(F)(F)F)c1C(F)(F)F)N1CCOCC1. The molecule has 0 radical (unpaired) electrons. The highest BCUT2D eigenvalue weighted by atomic mass is 32.2. The van der Waals surface area contributed by atoms with E-state index in [4.69, 9.17) is 9.47 Å². The predicted octanol–water partition coefficient (Wildman–Crippen LogP) is 7.43. The third kappa shape index (κ3) is 7.58. The van der Waals surface area contributed by atoms with Crippen molar-refractivity contribution < 1.29 is 40.6 Å². The molecule has 2 heterocycles. The average Bonchev–Trinajstić information content (AvgIpc) is 3.41. The lowest BCUT2D eigenvalue weighted by atomic mass is 9.99. The van der Waals surface area contributed by atoms with Gasteiger partial charge in [-0.05, 0) is 52.2 Å². The molecular formula is C27H23F6NO3S2. The molecule has 4 rings (SSSR count). The Hall–Kier alpha value is -2.96. The molecule has 39 heavy (non-hydrogen) atoms. The number of ether oxygens (including phenoxy) is 2. The number of carbonyl (C=O) groups is 1. The molecule has 1 aliphatic heterocycles. The molecule has 0 aliphatic carbocycles. The molecule has 12 heteroatoms.